The van der Waals surface area contributed by atoms with E-state index in [9.17, 15) is 14.7 Å². The van der Waals surface area contributed by atoms with Gasteiger partial charge in [-0.1, -0.05) is 26.0 Å². The second-order valence-corrected chi connectivity index (χ2v) is 9.39. The molecule has 1 spiro atoms. The normalized spacial score (nSPS) is 44.9. The summed E-state index contributed by atoms with van der Waals surface area (Å²) in [6.45, 7) is 7.02. The van der Waals surface area contributed by atoms with Crippen molar-refractivity contribution < 1.29 is 28.9 Å². The maximum Gasteiger partial charge on any atom is 0.338 e. The zero-order valence-electron chi connectivity index (χ0n) is 16.9. The van der Waals surface area contributed by atoms with Crippen LogP contribution in [0.5, 0.6) is 0 Å². The standard InChI is InChI=1S/C22H30O6/c1-14(23)27-12-21(3)16-6-10-22(13-28-22)17(20(16,2)9-7-18(21)24)5-4-15-8-11-26-19(15)25/h4-5,8,16-18,24H,6-7,9-13H2,1-3H3/b5-4+/t16-,17-,18+,20+,21-,22+/m0/s1. The summed E-state index contributed by atoms with van der Waals surface area (Å²) in [6, 6.07) is 0. The smallest absolute Gasteiger partial charge is 0.338 e. The highest BCUT2D eigenvalue weighted by Crippen LogP contribution is 2.65. The lowest BCUT2D eigenvalue weighted by molar-refractivity contribution is -0.181. The predicted molar refractivity (Wildman–Crippen MR) is 101 cm³/mol. The Morgan fingerprint density at radius 3 is 2.71 bits per heavy atom. The molecular formula is C22H30O6. The highest BCUT2D eigenvalue weighted by atomic mass is 16.6. The average molecular weight is 390 g/mol. The Kier molecular flexibility index (Phi) is 4.70. The molecule has 0 bridgehead atoms. The highest BCUT2D eigenvalue weighted by molar-refractivity contribution is 5.93. The first-order valence-electron chi connectivity index (χ1n) is 10.2. The van der Waals surface area contributed by atoms with Gasteiger partial charge in [-0.15, -0.1) is 0 Å². The number of hydrogen-bond donors (Lipinski definition) is 1. The summed E-state index contributed by atoms with van der Waals surface area (Å²) in [4.78, 5) is 23.3. The molecule has 0 unspecified atom stereocenters. The number of cyclic esters (lactones) is 1. The Balaban J connectivity index is 1.65. The number of carbonyl (C=O) groups excluding carboxylic acids is 2. The van der Waals surface area contributed by atoms with Crippen molar-refractivity contribution >= 4 is 11.9 Å². The number of hydrogen-bond acceptors (Lipinski definition) is 6. The number of epoxide rings is 1. The quantitative estimate of drug-likeness (QED) is 0.587. The molecular weight excluding hydrogens is 360 g/mol. The molecule has 2 aliphatic heterocycles. The number of ether oxygens (including phenoxy) is 3. The topological polar surface area (TPSA) is 85.4 Å². The second kappa shape index (κ2) is 6.70. The van der Waals surface area contributed by atoms with Crippen LogP contribution in [0.25, 0.3) is 0 Å². The van der Waals surface area contributed by atoms with Gasteiger partial charge in [0.05, 0.1) is 30.5 Å². The van der Waals surface area contributed by atoms with E-state index < -0.39 is 11.5 Å². The van der Waals surface area contributed by atoms with Crippen LogP contribution < -0.4 is 0 Å². The lowest BCUT2D eigenvalue weighted by Gasteiger charge is -2.60. The van der Waals surface area contributed by atoms with Crippen molar-refractivity contribution in [3.05, 3.63) is 23.8 Å². The summed E-state index contributed by atoms with van der Waals surface area (Å²) in [5.41, 5.74) is -0.176. The second-order valence-electron chi connectivity index (χ2n) is 9.39. The molecule has 0 aromatic carbocycles. The molecule has 0 amide bonds. The van der Waals surface area contributed by atoms with Crippen LogP contribution in [0.3, 0.4) is 0 Å². The summed E-state index contributed by atoms with van der Waals surface area (Å²) < 4.78 is 16.4. The van der Waals surface area contributed by atoms with E-state index in [0.29, 0.717) is 18.6 Å². The fourth-order valence-electron chi connectivity index (χ4n) is 6.09. The number of aliphatic hydroxyl groups is 1. The molecule has 3 fully saturated rings. The van der Waals surface area contributed by atoms with E-state index in [1.54, 1.807) is 6.08 Å². The Morgan fingerprint density at radius 2 is 2.11 bits per heavy atom. The number of rotatable bonds is 4. The van der Waals surface area contributed by atoms with Gasteiger partial charge in [-0.05, 0) is 43.1 Å². The predicted octanol–water partition coefficient (Wildman–Crippen LogP) is 2.55. The molecule has 2 heterocycles. The molecule has 0 radical (unpaired) electrons. The molecule has 6 atom stereocenters. The van der Waals surface area contributed by atoms with Crippen LogP contribution in [-0.4, -0.2) is 48.6 Å². The van der Waals surface area contributed by atoms with E-state index in [4.69, 9.17) is 14.2 Å². The maximum absolute atomic E-state index is 11.8. The van der Waals surface area contributed by atoms with Crippen molar-refractivity contribution in [1.29, 1.82) is 0 Å². The minimum absolute atomic E-state index is 0.109. The van der Waals surface area contributed by atoms with E-state index in [2.05, 4.69) is 13.0 Å². The molecule has 6 heteroatoms. The lowest BCUT2D eigenvalue weighted by atomic mass is 9.45. The molecule has 2 aliphatic carbocycles. The zero-order chi connectivity index (χ0) is 20.2. The van der Waals surface area contributed by atoms with Gasteiger partial charge in [-0.25, -0.2) is 4.79 Å². The SMILES string of the molecule is CC(=O)OC[C@@]1(C)[C@H]2CC[C@@]3(CO3)[C@@H](/C=C/C3=CCOC3=O)[C@]2(C)CC[C@H]1O. The maximum atomic E-state index is 11.8. The first kappa shape index (κ1) is 19.6. The van der Waals surface area contributed by atoms with Crippen molar-refractivity contribution in [3.8, 4) is 0 Å². The van der Waals surface area contributed by atoms with E-state index in [1.807, 2.05) is 13.0 Å². The van der Waals surface area contributed by atoms with Crippen LogP contribution in [0, 0.1) is 22.7 Å². The molecule has 1 N–H and O–H groups in total. The zero-order valence-corrected chi connectivity index (χ0v) is 16.9. The largest absolute Gasteiger partial charge is 0.465 e. The van der Waals surface area contributed by atoms with E-state index >= 15 is 0 Å². The van der Waals surface area contributed by atoms with Gasteiger partial charge in [0.15, 0.2) is 0 Å². The minimum Gasteiger partial charge on any atom is -0.465 e. The fraction of sp³-hybridized carbons (Fsp3) is 0.727. The molecule has 4 aliphatic rings. The summed E-state index contributed by atoms with van der Waals surface area (Å²) in [6.07, 6.45) is 8.68. The number of esters is 2. The molecule has 154 valence electrons. The Hall–Kier alpha value is -1.66. The summed E-state index contributed by atoms with van der Waals surface area (Å²) in [5, 5.41) is 10.9. The summed E-state index contributed by atoms with van der Waals surface area (Å²) in [7, 11) is 0. The molecule has 0 aromatic rings. The third kappa shape index (κ3) is 3.01. The summed E-state index contributed by atoms with van der Waals surface area (Å²) in [5.74, 6) is -0.269. The molecule has 4 rings (SSSR count). The summed E-state index contributed by atoms with van der Waals surface area (Å²) >= 11 is 0. The minimum atomic E-state index is -0.503. The van der Waals surface area contributed by atoms with Crippen molar-refractivity contribution in [1.82, 2.24) is 0 Å². The lowest BCUT2D eigenvalue weighted by Crippen LogP contribution is -2.60. The van der Waals surface area contributed by atoms with E-state index in [1.165, 1.54) is 6.92 Å². The van der Waals surface area contributed by atoms with Gasteiger partial charge < -0.3 is 19.3 Å². The third-order valence-electron chi connectivity index (χ3n) is 7.77. The van der Waals surface area contributed by atoms with Crippen molar-refractivity contribution in [3.63, 3.8) is 0 Å². The van der Waals surface area contributed by atoms with Crippen LogP contribution in [0.1, 0.15) is 46.5 Å². The Labute approximate surface area is 165 Å². The molecule has 1 saturated heterocycles. The first-order valence-corrected chi connectivity index (χ1v) is 10.2. The molecule has 2 saturated carbocycles. The van der Waals surface area contributed by atoms with Gasteiger partial charge in [0.2, 0.25) is 0 Å². The van der Waals surface area contributed by atoms with Crippen LogP contribution in [-0.2, 0) is 23.8 Å². The van der Waals surface area contributed by atoms with Crippen LogP contribution in [0.2, 0.25) is 0 Å². The Morgan fingerprint density at radius 1 is 1.36 bits per heavy atom. The van der Waals surface area contributed by atoms with E-state index in [0.717, 1.165) is 25.9 Å². The van der Waals surface area contributed by atoms with Gasteiger partial charge in [0, 0.05) is 18.3 Å². The van der Waals surface area contributed by atoms with Crippen molar-refractivity contribution in [2.75, 3.05) is 19.8 Å². The number of carbonyl (C=O) groups is 2. The van der Waals surface area contributed by atoms with Crippen molar-refractivity contribution in [2.24, 2.45) is 22.7 Å². The fourth-order valence-corrected chi connectivity index (χ4v) is 6.09. The van der Waals surface area contributed by atoms with Gasteiger partial charge in [-0.2, -0.15) is 0 Å². The monoisotopic (exact) mass is 390 g/mol. The van der Waals surface area contributed by atoms with Gasteiger partial charge in [-0.3, -0.25) is 4.79 Å². The van der Waals surface area contributed by atoms with Crippen LogP contribution in [0.4, 0.5) is 0 Å². The molecule has 28 heavy (non-hydrogen) atoms. The average Bonchev–Trinajstić information content (AvgIpc) is 3.29. The van der Waals surface area contributed by atoms with Gasteiger partial charge in [0.1, 0.15) is 6.61 Å². The molecule has 0 aromatic heterocycles. The highest BCUT2D eigenvalue weighted by Gasteiger charge is 2.66. The number of aliphatic hydroxyl groups excluding tert-OH is 1. The Bertz CT molecular complexity index is 735. The van der Waals surface area contributed by atoms with Crippen molar-refractivity contribution in [2.45, 2.75) is 58.2 Å². The van der Waals surface area contributed by atoms with Gasteiger partial charge in [0.25, 0.3) is 0 Å². The third-order valence-corrected chi connectivity index (χ3v) is 7.77. The van der Waals surface area contributed by atoms with Crippen LogP contribution >= 0.6 is 0 Å². The first-order chi connectivity index (χ1) is 13.2. The number of fused-ring (bicyclic) bond motifs is 1. The van der Waals surface area contributed by atoms with Gasteiger partial charge >= 0.3 is 11.9 Å². The van der Waals surface area contributed by atoms with Crippen LogP contribution in [0.15, 0.2) is 23.8 Å². The van der Waals surface area contributed by atoms with E-state index in [-0.39, 0.29) is 41.4 Å². The molecule has 6 nitrogen and oxygen atoms in total.